The molecule has 0 aliphatic rings. The van der Waals surface area contributed by atoms with Crippen molar-refractivity contribution in [1.82, 2.24) is 0 Å². The second-order valence-corrected chi connectivity index (χ2v) is 8.11. The molecule has 0 heterocycles. The number of hydrogen-bond acceptors (Lipinski definition) is 3. The number of ketones is 1. The summed E-state index contributed by atoms with van der Waals surface area (Å²) >= 11 is 2.93. The van der Waals surface area contributed by atoms with Crippen molar-refractivity contribution in [2.24, 2.45) is 0 Å². The largest absolute Gasteiger partial charge is 0.292 e. The molecular weight excluding hydrogens is 340 g/mol. The SMILES string of the molecule is CS(=O)(=O)[C@@H](Br)C(=O)c1ccc(-c2ccccc2)cc1. The molecule has 0 saturated heterocycles. The minimum Gasteiger partial charge on any atom is -0.292 e. The van der Waals surface area contributed by atoms with Gasteiger partial charge in [-0.3, -0.25) is 4.79 Å². The van der Waals surface area contributed by atoms with Crippen molar-refractivity contribution in [3.63, 3.8) is 0 Å². The lowest BCUT2D eigenvalue weighted by Gasteiger charge is -2.08. The van der Waals surface area contributed by atoms with Crippen LogP contribution < -0.4 is 0 Å². The van der Waals surface area contributed by atoms with Gasteiger partial charge in [-0.15, -0.1) is 0 Å². The van der Waals surface area contributed by atoms with Gasteiger partial charge in [0.15, 0.2) is 19.8 Å². The van der Waals surface area contributed by atoms with E-state index in [9.17, 15) is 13.2 Å². The third-order valence-electron chi connectivity index (χ3n) is 2.86. The number of Topliss-reactive ketones (excluding diaryl/α,β-unsaturated/α-hetero) is 1. The quantitative estimate of drug-likeness (QED) is 0.626. The van der Waals surface area contributed by atoms with Crippen LogP contribution in [0.3, 0.4) is 0 Å². The molecule has 0 amide bonds. The van der Waals surface area contributed by atoms with Gasteiger partial charge in [-0.1, -0.05) is 70.5 Å². The highest BCUT2D eigenvalue weighted by atomic mass is 79.9. The zero-order valence-corrected chi connectivity index (χ0v) is 13.2. The number of benzene rings is 2. The minimum atomic E-state index is -3.45. The first-order valence-electron chi connectivity index (χ1n) is 5.92. The van der Waals surface area contributed by atoms with Gasteiger partial charge in [0.25, 0.3) is 0 Å². The maximum atomic E-state index is 12.0. The van der Waals surface area contributed by atoms with E-state index < -0.39 is 19.8 Å². The fourth-order valence-corrected chi connectivity index (χ4v) is 2.57. The lowest BCUT2D eigenvalue weighted by Crippen LogP contribution is -2.23. The van der Waals surface area contributed by atoms with Crippen molar-refractivity contribution < 1.29 is 13.2 Å². The molecule has 0 saturated carbocycles. The summed E-state index contributed by atoms with van der Waals surface area (Å²) in [5.41, 5.74) is 2.40. The summed E-state index contributed by atoms with van der Waals surface area (Å²) in [5.74, 6) is -0.452. The van der Waals surface area contributed by atoms with Crippen molar-refractivity contribution >= 4 is 31.6 Å². The van der Waals surface area contributed by atoms with E-state index in [-0.39, 0.29) is 0 Å². The van der Waals surface area contributed by atoms with Crippen LogP contribution in [0.25, 0.3) is 11.1 Å². The van der Waals surface area contributed by atoms with Crippen LogP contribution in [-0.4, -0.2) is 24.6 Å². The van der Waals surface area contributed by atoms with Crippen LogP contribution in [0.5, 0.6) is 0 Å². The van der Waals surface area contributed by atoms with Gasteiger partial charge < -0.3 is 0 Å². The average Bonchev–Trinajstić information content (AvgIpc) is 2.46. The van der Waals surface area contributed by atoms with E-state index in [2.05, 4.69) is 15.9 Å². The molecule has 0 radical (unpaired) electrons. The van der Waals surface area contributed by atoms with Crippen LogP contribution in [0.15, 0.2) is 54.6 Å². The summed E-state index contributed by atoms with van der Waals surface area (Å²) in [4.78, 5) is 12.0. The molecule has 0 bridgehead atoms. The molecule has 0 N–H and O–H groups in total. The van der Waals surface area contributed by atoms with E-state index >= 15 is 0 Å². The van der Waals surface area contributed by atoms with E-state index in [0.717, 1.165) is 17.4 Å². The van der Waals surface area contributed by atoms with Crippen LogP contribution in [0.2, 0.25) is 0 Å². The number of carbonyl (C=O) groups is 1. The Morgan fingerprint density at radius 3 is 1.95 bits per heavy atom. The first-order chi connectivity index (χ1) is 9.39. The number of sulfone groups is 1. The molecule has 2 aromatic rings. The second-order valence-electron chi connectivity index (χ2n) is 4.45. The molecule has 2 rings (SSSR count). The minimum absolute atomic E-state index is 0.372. The Morgan fingerprint density at radius 1 is 0.950 bits per heavy atom. The van der Waals surface area contributed by atoms with Crippen LogP contribution in [0.4, 0.5) is 0 Å². The summed E-state index contributed by atoms with van der Waals surface area (Å²) in [6, 6.07) is 16.7. The molecule has 1 atom stereocenters. The maximum Gasteiger partial charge on any atom is 0.191 e. The van der Waals surface area contributed by atoms with Crippen molar-refractivity contribution in [2.75, 3.05) is 6.26 Å². The van der Waals surface area contributed by atoms with Crippen LogP contribution >= 0.6 is 15.9 Å². The van der Waals surface area contributed by atoms with Gasteiger partial charge in [0, 0.05) is 11.8 Å². The standard InChI is InChI=1S/C15H13BrO3S/c1-20(18,19)15(16)14(17)13-9-7-12(8-10-13)11-5-3-2-4-6-11/h2-10,15H,1H3/t15-/m1/s1. The third kappa shape index (κ3) is 3.35. The number of carbonyl (C=O) groups excluding carboxylic acids is 1. The summed E-state index contributed by atoms with van der Waals surface area (Å²) in [6.45, 7) is 0. The molecule has 0 unspecified atom stereocenters. The molecular formula is C15H13BrO3S. The second kappa shape index (κ2) is 5.89. The fourth-order valence-electron chi connectivity index (χ4n) is 1.78. The Morgan fingerprint density at radius 2 is 1.45 bits per heavy atom. The van der Waals surface area contributed by atoms with E-state index in [1.807, 2.05) is 42.5 Å². The molecule has 20 heavy (non-hydrogen) atoms. The fraction of sp³-hybridized carbons (Fsp3) is 0.133. The third-order valence-corrected chi connectivity index (χ3v) is 6.28. The Kier molecular flexibility index (Phi) is 4.40. The average molecular weight is 353 g/mol. The van der Waals surface area contributed by atoms with E-state index in [4.69, 9.17) is 0 Å². The van der Waals surface area contributed by atoms with Gasteiger partial charge in [0.1, 0.15) is 0 Å². The molecule has 0 spiro atoms. The van der Waals surface area contributed by atoms with Crippen LogP contribution in [0, 0.1) is 0 Å². The first-order valence-corrected chi connectivity index (χ1v) is 8.79. The number of rotatable bonds is 4. The predicted octanol–water partition coefficient (Wildman–Crippen LogP) is 3.30. The molecule has 3 nitrogen and oxygen atoms in total. The molecule has 0 aliphatic heterocycles. The monoisotopic (exact) mass is 352 g/mol. The normalized spacial score (nSPS) is 12.9. The highest BCUT2D eigenvalue weighted by Crippen LogP contribution is 2.21. The van der Waals surface area contributed by atoms with Crippen LogP contribution in [0.1, 0.15) is 10.4 Å². The Bertz CT molecular complexity index is 707. The summed E-state index contributed by atoms with van der Waals surface area (Å²) in [6.07, 6.45) is 1.03. The lowest BCUT2D eigenvalue weighted by atomic mass is 10.0. The molecule has 0 fully saturated rings. The smallest absolute Gasteiger partial charge is 0.191 e. The van der Waals surface area contributed by atoms with E-state index in [1.54, 1.807) is 12.1 Å². The van der Waals surface area contributed by atoms with Crippen molar-refractivity contribution in [1.29, 1.82) is 0 Å². The number of halogens is 1. The molecule has 0 aromatic heterocycles. The van der Waals surface area contributed by atoms with E-state index in [0.29, 0.717) is 5.56 Å². The molecule has 0 aliphatic carbocycles. The van der Waals surface area contributed by atoms with Gasteiger partial charge in [-0.05, 0) is 11.1 Å². The van der Waals surface area contributed by atoms with Gasteiger partial charge in [0.05, 0.1) is 0 Å². The molecule has 104 valence electrons. The highest BCUT2D eigenvalue weighted by Gasteiger charge is 2.26. The Labute approximate surface area is 126 Å². The van der Waals surface area contributed by atoms with Gasteiger partial charge in [-0.25, -0.2) is 8.42 Å². The lowest BCUT2D eigenvalue weighted by molar-refractivity contribution is 0.101. The van der Waals surface area contributed by atoms with Crippen molar-refractivity contribution in [3.8, 4) is 11.1 Å². The molecule has 5 heteroatoms. The van der Waals surface area contributed by atoms with Crippen molar-refractivity contribution in [3.05, 3.63) is 60.2 Å². The summed E-state index contributed by atoms with van der Waals surface area (Å²) in [5, 5.41) is 0. The first kappa shape index (κ1) is 14.9. The van der Waals surface area contributed by atoms with Gasteiger partial charge in [0.2, 0.25) is 0 Å². The summed E-state index contributed by atoms with van der Waals surface area (Å²) < 4.78 is 21.5. The number of hydrogen-bond donors (Lipinski definition) is 0. The van der Waals surface area contributed by atoms with Gasteiger partial charge in [-0.2, -0.15) is 0 Å². The van der Waals surface area contributed by atoms with Gasteiger partial charge >= 0.3 is 0 Å². The van der Waals surface area contributed by atoms with E-state index in [1.165, 1.54) is 0 Å². The molecule has 2 aromatic carbocycles. The Hall–Kier alpha value is -1.46. The summed E-state index contributed by atoms with van der Waals surface area (Å²) in [7, 11) is -3.45. The maximum absolute atomic E-state index is 12.0. The topological polar surface area (TPSA) is 51.2 Å². The van der Waals surface area contributed by atoms with Crippen molar-refractivity contribution in [2.45, 2.75) is 4.16 Å². The predicted molar refractivity (Wildman–Crippen MR) is 83.8 cm³/mol. The van der Waals surface area contributed by atoms with Crippen LogP contribution in [-0.2, 0) is 9.84 Å². The zero-order chi connectivity index (χ0) is 14.8. The zero-order valence-electron chi connectivity index (χ0n) is 10.8. The number of alkyl halides is 1. The Balaban J connectivity index is 2.27. The highest BCUT2D eigenvalue weighted by molar-refractivity contribution is 9.11.